The molecule has 3 amide bonds. The second kappa shape index (κ2) is 18.7. The van der Waals surface area contributed by atoms with Crippen LogP contribution in [0.5, 0.6) is 0 Å². The van der Waals surface area contributed by atoms with Gasteiger partial charge in [-0.1, -0.05) is 48.0 Å². The molecular formula is C48H55ClFN9O4. The number of carbonyl (C=O) groups is 3. The third kappa shape index (κ3) is 9.73. The van der Waals surface area contributed by atoms with Crippen LogP contribution in [0.2, 0.25) is 5.02 Å². The number of fused-ring (bicyclic) bond motifs is 1. The number of likely N-dealkylation sites (tertiary alicyclic amines) is 2. The molecule has 2 aromatic heterocycles. The number of piperidine rings is 3. The number of aryl methyl sites for hydroxylation is 1. The fourth-order valence-corrected chi connectivity index (χ4v) is 10.4. The van der Waals surface area contributed by atoms with Gasteiger partial charge in [-0.15, -0.1) is 0 Å². The third-order valence-corrected chi connectivity index (χ3v) is 14.0. The van der Waals surface area contributed by atoms with Crippen molar-refractivity contribution in [3.63, 3.8) is 0 Å². The van der Waals surface area contributed by atoms with Gasteiger partial charge in [0, 0.05) is 37.7 Å². The topological polar surface area (TPSA) is 146 Å². The van der Waals surface area contributed by atoms with Gasteiger partial charge in [0.25, 0.3) is 0 Å². The number of benzene rings is 3. The minimum atomic E-state index is -0.681. The van der Waals surface area contributed by atoms with Crippen LogP contribution in [-0.4, -0.2) is 98.0 Å². The average Bonchev–Trinajstić information content (AvgIpc) is 3.53. The molecule has 5 aromatic rings. The van der Waals surface area contributed by atoms with E-state index >= 15 is 0 Å². The maximum Gasteiger partial charge on any atom is 0.329 e. The lowest BCUT2D eigenvalue weighted by atomic mass is 9.88. The van der Waals surface area contributed by atoms with Crippen molar-refractivity contribution in [2.45, 2.75) is 88.3 Å². The quantitative estimate of drug-likeness (QED) is 0.124. The fourth-order valence-electron chi connectivity index (χ4n) is 10.2. The number of halogens is 2. The van der Waals surface area contributed by atoms with Crippen molar-refractivity contribution in [1.29, 1.82) is 0 Å². The molecule has 1 atom stereocenters. The van der Waals surface area contributed by atoms with Gasteiger partial charge in [-0.05, 0) is 143 Å². The number of carbonyl (C=O) groups excluding carboxylic acids is 3. The van der Waals surface area contributed by atoms with Crippen molar-refractivity contribution in [3.05, 3.63) is 99.8 Å². The molecule has 3 aliphatic heterocycles. The first-order chi connectivity index (χ1) is 30.5. The molecule has 1 aliphatic carbocycles. The van der Waals surface area contributed by atoms with Crippen LogP contribution < -0.4 is 21.6 Å². The van der Waals surface area contributed by atoms with E-state index in [0.29, 0.717) is 41.5 Å². The lowest BCUT2D eigenvalue weighted by Crippen LogP contribution is -2.47. The zero-order valence-corrected chi connectivity index (χ0v) is 36.5. The summed E-state index contributed by atoms with van der Waals surface area (Å²) in [5.41, 5.74) is 5.86. The first kappa shape index (κ1) is 42.8. The Bertz CT molecular complexity index is 2540. The highest BCUT2D eigenvalue weighted by Gasteiger charge is 2.32. The van der Waals surface area contributed by atoms with Crippen molar-refractivity contribution < 1.29 is 18.8 Å². The van der Waals surface area contributed by atoms with E-state index in [1.54, 1.807) is 34.5 Å². The summed E-state index contributed by atoms with van der Waals surface area (Å²) in [6.45, 7) is 5.44. The first-order valence-electron chi connectivity index (χ1n) is 22.5. The molecule has 13 nitrogen and oxygen atoms in total. The average molecular weight is 876 g/mol. The highest BCUT2D eigenvalue weighted by Crippen LogP contribution is 2.34. The monoisotopic (exact) mass is 875 g/mol. The number of imidazole rings is 1. The van der Waals surface area contributed by atoms with Crippen molar-refractivity contribution in [1.82, 2.24) is 39.5 Å². The zero-order valence-electron chi connectivity index (χ0n) is 35.7. The predicted octanol–water partition coefficient (Wildman–Crippen LogP) is 6.67. The Morgan fingerprint density at radius 1 is 0.810 bits per heavy atom. The van der Waals surface area contributed by atoms with Crippen LogP contribution in [0.3, 0.4) is 0 Å². The van der Waals surface area contributed by atoms with Crippen LogP contribution in [0.25, 0.3) is 33.4 Å². The predicted molar refractivity (Wildman–Crippen MR) is 242 cm³/mol. The molecule has 3 saturated heterocycles. The summed E-state index contributed by atoms with van der Waals surface area (Å²) in [7, 11) is 1.75. The lowest BCUT2D eigenvalue weighted by Gasteiger charge is -2.38. The highest BCUT2D eigenvalue weighted by atomic mass is 35.5. The molecule has 4 fully saturated rings. The van der Waals surface area contributed by atoms with Crippen LogP contribution >= 0.6 is 11.6 Å². The van der Waals surface area contributed by atoms with Gasteiger partial charge in [-0.2, -0.15) is 0 Å². The van der Waals surface area contributed by atoms with E-state index < -0.39 is 11.9 Å². The van der Waals surface area contributed by atoms with Crippen molar-refractivity contribution in [2.24, 2.45) is 13.0 Å². The molecule has 0 spiro atoms. The molecule has 1 saturated carbocycles. The summed E-state index contributed by atoms with van der Waals surface area (Å²) in [5, 5.41) is 9.64. The number of anilines is 1. The van der Waals surface area contributed by atoms with Gasteiger partial charge in [-0.25, -0.2) is 19.2 Å². The van der Waals surface area contributed by atoms with Crippen molar-refractivity contribution in [3.8, 4) is 22.4 Å². The van der Waals surface area contributed by atoms with Crippen molar-refractivity contribution >= 4 is 46.3 Å². The molecule has 63 heavy (non-hydrogen) atoms. The maximum atomic E-state index is 13.5. The standard InChI is InChI=1S/C48H55ClFN9O4/c1-56-42-26-34(7-14-40(42)59(48(56)63)41-15-16-43(60)54-46(41)62)32-19-23-57(24-20-32)28-30-17-21-58(22-18-30)29-44(61)52-37-10-12-38(13-11-37)53-47-51-27-39(49)45(55-47)35-4-2-3-33(25-35)31-5-8-36(50)9-6-31/h2-9,14,25-27,30,32,37-38,41H,10-13,15-24,28-29H2,1H3,(H,52,61)(H,51,53,55)(H,54,60,62). The second-order valence-electron chi connectivity index (χ2n) is 18.0. The van der Waals surface area contributed by atoms with Crippen LogP contribution in [-0.2, 0) is 21.4 Å². The smallest absolute Gasteiger partial charge is 0.329 e. The van der Waals surface area contributed by atoms with E-state index in [1.807, 2.05) is 30.3 Å². The van der Waals surface area contributed by atoms with E-state index in [0.717, 1.165) is 112 Å². The van der Waals surface area contributed by atoms with Gasteiger partial charge in [0.15, 0.2) is 0 Å². The van der Waals surface area contributed by atoms with Crippen LogP contribution in [0.15, 0.2) is 77.7 Å². The minimum absolute atomic E-state index is 0.103. The molecule has 1 unspecified atom stereocenters. The molecule has 3 aromatic carbocycles. The van der Waals surface area contributed by atoms with E-state index in [-0.39, 0.29) is 41.8 Å². The summed E-state index contributed by atoms with van der Waals surface area (Å²) in [6.07, 6.45) is 10.0. The molecular weight excluding hydrogens is 821 g/mol. The Hall–Kier alpha value is -5.44. The molecule has 9 rings (SSSR count). The Morgan fingerprint density at radius 3 is 2.27 bits per heavy atom. The Labute approximate surface area is 371 Å². The molecule has 330 valence electrons. The second-order valence-corrected chi connectivity index (χ2v) is 18.4. The van der Waals surface area contributed by atoms with E-state index in [2.05, 4.69) is 42.9 Å². The Kier molecular flexibility index (Phi) is 12.7. The lowest BCUT2D eigenvalue weighted by molar-refractivity contribution is -0.135. The third-order valence-electron chi connectivity index (χ3n) is 13.8. The van der Waals surface area contributed by atoms with Gasteiger partial charge in [0.2, 0.25) is 23.7 Å². The van der Waals surface area contributed by atoms with Crippen LogP contribution in [0.1, 0.15) is 81.7 Å². The Balaban J connectivity index is 0.689. The first-order valence-corrected chi connectivity index (χ1v) is 22.9. The fraction of sp³-hybridized carbons (Fsp3) is 0.458. The van der Waals surface area contributed by atoms with Crippen LogP contribution in [0.4, 0.5) is 10.3 Å². The minimum Gasteiger partial charge on any atom is -0.352 e. The summed E-state index contributed by atoms with van der Waals surface area (Å²) >= 11 is 6.57. The summed E-state index contributed by atoms with van der Waals surface area (Å²) in [6, 6.07) is 20.1. The van der Waals surface area contributed by atoms with Gasteiger partial charge < -0.3 is 15.5 Å². The number of rotatable bonds is 11. The van der Waals surface area contributed by atoms with Gasteiger partial charge in [0.1, 0.15) is 11.9 Å². The number of amides is 3. The van der Waals surface area contributed by atoms with E-state index in [4.69, 9.17) is 16.6 Å². The number of nitrogens with zero attached hydrogens (tertiary/aromatic N) is 6. The molecule has 5 heterocycles. The Morgan fingerprint density at radius 2 is 1.52 bits per heavy atom. The molecule has 0 radical (unpaired) electrons. The van der Waals surface area contributed by atoms with Crippen LogP contribution in [0, 0.1) is 11.7 Å². The van der Waals surface area contributed by atoms with Gasteiger partial charge in [-0.3, -0.25) is 33.7 Å². The van der Waals surface area contributed by atoms with E-state index in [9.17, 15) is 23.6 Å². The summed E-state index contributed by atoms with van der Waals surface area (Å²) < 4.78 is 16.7. The SMILES string of the molecule is Cn1c(=O)n(C2CCC(=O)NC2=O)c2ccc(C3CCN(CC4CCN(CC(=O)NC5CCC(Nc6ncc(Cl)c(-c7cccc(-c8ccc(F)cc8)c7)n6)CC5)CC4)CC3)cc21. The van der Waals surface area contributed by atoms with Gasteiger partial charge in [0.05, 0.1) is 34.5 Å². The number of imide groups is 1. The summed E-state index contributed by atoms with van der Waals surface area (Å²) in [4.78, 5) is 64.9. The number of aromatic nitrogens is 4. The largest absolute Gasteiger partial charge is 0.352 e. The number of hydrogen-bond acceptors (Lipinski definition) is 9. The van der Waals surface area contributed by atoms with Gasteiger partial charge >= 0.3 is 5.69 Å². The zero-order chi connectivity index (χ0) is 43.6. The summed E-state index contributed by atoms with van der Waals surface area (Å²) in [5.74, 6) is 0.664. The van der Waals surface area contributed by atoms with Crippen molar-refractivity contribution in [2.75, 3.05) is 44.6 Å². The molecule has 4 aliphatic rings. The van der Waals surface area contributed by atoms with E-state index in [1.165, 1.54) is 17.7 Å². The number of nitrogens with one attached hydrogen (secondary N) is 3. The molecule has 15 heteroatoms. The molecule has 0 bridgehead atoms. The number of hydrogen-bond donors (Lipinski definition) is 3. The maximum absolute atomic E-state index is 13.5. The normalized spacial score (nSPS) is 22.0. The highest BCUT2D eigenvalue weighted by molar-refractivity contribution is 6.33. The molecule has 3 N–H and O–H groups in total.